The van der Waals surface area contributed by atoms with Crippen molar-refractivity contribution in [2.45, 2.75) is 19.8 Å². The standard InChI is InChI=1S/C15H18N2O/c1-11(10-16)8-14(18)9-13-7-6-12-4-2-3-5-15(12)17-13/h2-7,11H,8-10,16H2,1H3. The number of carbonyl (C=O) groups is 1. The van der Waals surface area contributed by atoms with Gasteiger partial charge in [0.15, 0.2) is 0 Å². The molecule has 1 heterocycles. The molecule has 94 valence electrons. The molecule has 0 aliphatic rings. The number of pyridine rings is 1. The number of carbonyl (C=O) groups excluding carboxylic acids is 1. The van der Waals surface area contributed by atoms with Crippen molar-refractivity contribution in [3.8, 4) is 0 Å². The van der Waals surface area contributed by atoms with Gasteiger partial charge in [0.2, 0.25) is 0 Å². The van der Waals surface area contributed by atoms with Crippen LogP contribution in [0, 0.1) is 5.92 Å². The number of fused-ring (bicyclic) bond motifs is 1. The Morgan fingerprint density at radius 2 is 2.06 bits per heavy atom. The van der Waals surface area contributed by atoms with Gasteiger partial charge < -0.3 is 5.73 Å². The summed E-state index contributed by atoms with van der Waals surface area (Å²) in [5.41, 5.74) is 7.30. The number of aromatic nitrogens is 1. The summed E-state index contributed by atoms with van der Waals surface area (Å²) in [7, 11) is 0. The fourth-order valence-corrected chi connectivity index (χ4v) is 1.95. The van der Waals surface area contributed by atoms with Gasteiger partial charge in [0.25, 0.3) is 0 Å². The molecule has 1 unspecified atom stereocenters. The van der Waals surface area contributed by atoms with Gasteiger partial charge in [-0.1, -0.05) is 31.2 Å². The number of nitrogens with zero attached hydrogens (tertiary/aromatic N) is 1. The van der Waals surface area contributed by atoms with E-state index < -0.39 is 0 Å². The van der Waals surface area contributed by atoms with Crippen LogP contribution < -0.4 is 5.73 Å². The average Bonchev–Trinajstić information content (AvgIpc) is 2.38. The number of hydrogen-bond acceptors (Lipinski definition) is 3. The molecule has 1 atom stereocenters. The van der Waals surface area contributed by atoms with E-state index >= 15 is 0 Å². The molecule has 0 saturated carbocycles. The Kier molecular flexibility index (Phi) is 4.05. The minimum atomic E-state index is 0.204. The summed E-state index contributed by atoms with van der Waals surface area (Å²) in [5.74, 6) is 0.452. The lowest BCUT2D eigenvalue weighted by Gasteiger charge is -2.07. The third-order valence-electron chi connectivity index (χ3n) is 3.01. The molecule has 2 rings (SSSR count). The number of hydrogen-bond donors (Lipinski definition) is 1. The third kappa shape index (κ3) is 3.14. The van der Waals surface area contributed by atoms with Gasteiger partial charge in [-0.3, -0.25) is 9.78 Å². The first-order valence-corrected chi connectivity index (χ1v) is 6.25. The summed E-state index contributed by atoms with van der Waals surface area (Å²) >= 11 is 0. The molecule has 0 amide bonds. The van der Waals surface area contributed by atoms with E-state index in [0.29, 0.717) is 19.4 Å². The van der Waals surface area contributed by atoms with Gasteiger partial charge in [-0.05, 0) is 24.6 Å². The van der Waals surface area contributed by atoms with E-state index in [0.717, 1.165) is 16.6 Å². The van der Waals surface area contributed by atoms with Gasteiger partial charge >= 0.3 is 0 Å². The minimum Gasteiger partial charge on any atom is -0.330 e. The Balaban J connectivity index is 2.10. The highest BCUT2D eigenvalue weighted by Gasteiger charge is 2.09. The first kappa shape index (κ1) is 12.7. The molecule has 3 nitrogen and oxygen atoms in total. The first-order chi connectivity index (χ1) is 8.69. The summed E-state index contributed by atoms with van der Waals surface area (Å²) in [4.78, 5) is 16.3. The number of ketones is 1. The fourth-order valence-electron chi connectivity index (χ4n) is 1.95. The average molecular weight is 242 g/mol. The Morgan fingerprint density at radius 1 is 1.28 bits per heavy atom. The third-order valence-corrected chi connectivity index (χ3v) is 3.01. The zero-order valence-electron chi connectivity index (χ0n) is 10.6. The van der Waals surface area contributed by atoms with Gasteiger partial charge in [-0.25, -0.2) is 0 Å². The van der Waals surface area contributed by atoms with Gasteiger partial charge in [0.05, 0.1) is 5.52 Å². The van der Waals surface area contributed by atoms with Crippen molar-refractivity contribution in [1.82, 2.24) is 4.98 Å². The van der Waals surface area contributed by atoms with E-state index in [1.54, 1.807) is 0 Å². The second-order valence-corrected chi connectivity index (χ2v) is 4.76. The molecule has 0 saturated heterocycles. The van der Waals surface area contributed by atoms with Crippen LogP contribution in [0.3, 0.4) is 0 Å². The van der Waals surface area contributed by atoms with Crippen molar-refractivity contribution in [2.75, 3.05) is 6.54 Å². The number of Topliss-reactive ketones (excluding diaryl/α,β-unsaturated/α-hetero) is 1. The van der Waals surface area contributed by atoms with Crippen LogP contribution in [-0.4, -0.2) is 17.3 Å². The van der Waals surface area contributed by atoms with Crippen molar-refractivity contribution >= 4 is 16.7 Å². The van der Waals surface area contributed by atoms with Crippen molar-refractivity contribution in [3.63, 3.8) is 0 Å². The summed E-state index contributed by atoms with van der Waals surface area (Å²) in [5, 5.41) is 1.10. The maximum atomic E-state index is 11.8. The van der Waals surface area contributed by atoms with Crippen LogP contribution in [0.5, 0.6) is 0 Å². The lowest BCUT2D eigenvalue weighted by atomic mass is 10.0. The predicted molar refractivity (Wildman–Crippen MR) is 73.3 cm³/mol. The molecule has 2 N–H and O–H groups in total. The largest absolute Gasteiger partial charge is 0.330 e. The first-order valence-electron chi connectivity index (χ1n) is 6.25. The summed E-state index contributed by atoms with van der Waals surface area (Å²) in [6.07, 6.45) is 0.931. The van der Waals surface area contributed by atoms with Crippen LogP contribution in [0.15, 0.2) is 36.4 Å². The molecule has 2 aromatic rings. The van der Waals surface area contributed by atoms with E-state index in [1.165, 1.54) is 0 Å². The van der Waals surface area contributed by atoms with E-state index in [9.17, 15) is 4.79 Å². The second kappa shape index (κ2) is 5.74. The van der Waals surface area contributed by atoms with Gasteiger partial charge in [0, 0.05) is 23.9 Å². The Hall–Kier alpha value is -1.74. The molecular weight excluding hydrogens is 224 g/mol. The lowest BCUT2D eigenvalue weighted by Crippen LogP contribution is -2.16. The highest BCUT2D eigenvalue weighted by molar-refractivity contribution is 5.82. The SMILES string of the molecule is CC(CN)CC(=O)Cc1ccc2ccccc2n1. The van der Waals surface area contributed by atoms with Gasteiger partial charge in [-0.2, -0.15) is 0 Å². The van der Waals surface area contributed by atoms with E-state index in [-0.39, 0.29) is 11.7 Å². The molecule has 0 bridgehead atoms. The fraction of sp³-hybridized carbons (Fsp3) is 0.333. The Morgan fingerprint density at radius 3 is 2.83 bits per heavy atom. The maximum absolute atomic E-state index is 11.8. The summed E-state index contributed by atoms with van der Waals surface area (Å²) < 4.78 is 0. The van der Waals surface area contributed by atoms with E-state index in [4.69, 9.17) is 5.73 Å². The molecule has 0 spiro atoms. The minimum absolute atomic E-state index is 0.204. The topological polar surface area (TPSA) is 56.0 Å². The molecule has 0 fully saturated rings. The van der Waals surface area contributed by atoms with E-state index in [1.807, 2.05) is 43.3 Å². The zero-order chi connectivity index (χ0) is 13.0. The lowest BCUT2D eigenvalue weighted by molar-refractivity contribution is -0.119. The second-order valence-electron chi connectivity index (χ2n) is 4.76. The molecule has 1 aromatic carbocycles. The molecule has 0 radical (unpaired) electrons. The quantitative estimate of drug-likeness (QED) is 0.875. The number of benzene rings is 1. The Labute approximate surface area is 107 Å². The Bertz CT molecular complexity index is 551. The van der Waals surface area contributed by atoms with Crippen LogP contribution >= 0.6 is 0 Å². The van der Waals surface area contributed by atoms with Gasteiger partial charge in [0.1, 0.15) is 5.78 Å². The smallest absolute Gasteiger partial charge is 0.139 e. The molecule has 0 aliphatic carbocycles. The van der Waals surface area contributed by atoms with Crippen LogP contribution in [0.4, 0.5) is 0 Å². The number of rotatable bonds is 5. The van der Waals surface area contributed by atoms with Crippen LogP contribution in [0.1, 0.15) is 19.0 Å². The highest BCUT2D eigenvalue weighted by atomic mass is 16.1. The normalized spacial score (nSPS) is 12.6. The van der Waals surface area contributed by atoms with Crippen LogP contribution in [-0.2, 0) is 11.2 Å². The van der Waals surface area contributed by atoms with Crippen molar-refractivity contribution in [3.05, 3.63) is 42.1 Å². The van der Waals surface area contributed by atoms with Crippen molar-refractivity contribution < 1.29 is 4.79 Å². The van der Waals surface area contributed by atoms with E-state index in [2.05, 4.69) is 4.98 Å². The summed E-state index contributed by atoms with van der Waals surface area (Å²) in [6.45, 7) is 2.54. The molecule has 0 aliphatic heterocycles. The predicted octanol–water partition coefficient (Wildman–Crippen LogP) is 2.33. The monoisotopic (exact) mass is 242 g/mol. The van der Waals surface area contributed by atoms with Crippen LogP contribution in [0.25, 0.3) is 10.9 Å². The molecule has 1 aromatic heterocycles. The van der Waals surface area contributed by atoms with Crippen molar-refractivity contribution in [2.24, 2.45) is 11.7 Å². The number of para-hydroxylation sites is 1. The zero-order valence-corrected chi connectivity index (χ0v) is 10.6. The molecular formula is C15H18N2O. The molecule has 18 heavy (non-hydrogen) atoms. The van der Waals surface area contributed by atoms with Crippen LogP contribution in [0.2, 0.25) is 0 Å². The summed E-state index contributed by atoms with van der Waals surface area (Å²) in [6, 6.07) is 11.9. The molecule has 3 heteroatoms. The van der Waals surface area contributed by atoms with Gasteiger partial charge in [-0.15, -0.1) is 0 Å². The maximum Gasteiger partial charge on any atom is 0.139 e. The number of nitrogens with two attached hydrogens (primary N) is 1. The van der Waals surface area contributed by atoms with Crippen molar-refractivity contribution in [1.29, 1.82) is 0 Å². The highest BCUT2D eigenvalue weighted by Crippen LogP contribution is 2.13.